The first kappa shape index (κ1) is 16.7. The number of nitrogens with one attached hydrogen (secondary N) is 2. The van der Waals surface area contributed by atoms with Crippen molar-refractivity contribution in [3.63, 3.8) is 0 Å². The molecule has 0 radical (unpaired) electrons. The summed E-state index contributed by atoms with van der Waals surface area (Å²) in [6, 6.07) is 1.81. The highest BCUT2D eigenvalue weighted by Gasteiger charge is 2.45. The van der Waals surface area contributed by atoms with Gasteiger partial charge < -0.3 is 5.32 Å². The zero-order chi connectivity index (χ0) is 18.2. The quantitative estimate of drug-likeness (QED) is 0.706. The first-order valence-electron chi connectivity index (χ1n) is 6.76. The molecule has 0 aliphatic rings. The molecule has 2 N–H and O–H groups in total. The molecule has 3 aromatic rings. The van der Waals surface area contributed by atoms with Crippen LogP contribution in [0, 0.1) is 11.6 Å². The number of hydrogen-bond acceptors (Lipinski definition) is 4. The molecule has 0 saturated heterocycles. The summed E-state index contributed by atoms with van der Waals surface area (Å²) in [6.45, 7) is 0. The number of amides is 1. The van der Waals surface area contributed by atoms with E-state index in [4.69, 9.17) is 0 Å². The highest BCUT2D eigenvalue weighted by molar-refractivity contribution is 5.94. The Morgan fingerprint density at radius 2 is 1.76 bits per heavy atom. The van der Waals surface area contributed by atoms with Crippen LogP contribution in [0.4, 0.5) is 22.0 Å². The molecule has 0 spiro atoms. The van der Waals surface area contributed by atoms with Gasteiger partial charge in [0, 0.05) is 0 Å². The van der Waals surface area contributed by atoms with Crippen LogP contribution in [0.3, 0.4) is 0 Å². The Bertz CT molecular complexity index is 919. The molecule has 25 heavy (non-hydrogen) atoms. The normalized spacial score (nSPS) is 13.0. The molecule has 0 bridgehead atoms. The molecule has 130 valence electrons. The van der Waals surface area contributed by atoms with E-state index in [1.54, 1.807) is 5.32 Å². The van der Waals surface area contributed by atoms with Crippen molar-refractivity contribution >= 4 is 17.1 Å². The second kappa shape index (κ2) is 6.07. The number of alkyl halides is 3. The lowest BCUT2D eigenvalue weighted by atomic mass is 10.0. The number of aromatic amines is 1. The number of aromatic nitrogens is 4. The molecule has 0 saturated carbocycles. The predicted octanol–water partition coefficient (Wildman–Crippen LogP) is 2.66. The Balaban J connectivity index is 1.96. The fourth-order valence-electron chi connectivity index (χ4n) is 2.17. The minimum absolute atomic E-state index is 0.00767. The van der Waals surface area contributed by atoms with Crippen LogP contribution in [-0.4, -0.2) is 32.5 Å². The largest absolute Gasteiger partial charge is 0.413 e. The SMILES string of the molecule is O=C(NC(c1c(F)cccc1F)C(F)(F)F)c1ccc2n[nH]nc2n1. The summed E-state index contributed by atoms with van der Waals surface area (Å²) >= 11 is 0. The highest BCUT2D eigenvalue weighted by Crippen LogP contribution is 2.35. The number of halogens is 5. The molecule has 2 aromatic heterocycles. The third kappa shape index (κ3) is 3.25. The van der Waals surface area contributed by atoms with Crippen molar-refractivity contribution in [2.75, 3.05) is 0 Å². The predicted molar refractivity (Wildman–Crippen MR) is 74.3 cm³/mol. The van der Waals surface area contributed by atoms with Crippen molar-refractivity contribution in [3.05, 3.63) is 53.2 Å². The fraction of sp³-hybridized carbons (Fsp3) is 0.143. The van der Waals surface area contributed by atoms with Gasteiger partial charge in [-0.25, -0.2) is 13.8 Å². The van der Waals surface area contributed by atoms with Gasteiger partial charge in [-0.05, 0) is 24.3 Å². The molecule has 0 aliphatic heterocycles. The molecule has 1 atom stereocenters. The molecule has 1 amide bonds. The van der Waals surface area contributed by atoms with E-state index in [-0.39, 0.29) is 5.65 Å². The zero-order valence-electron chi connectivity index (χ0n) is 12.1. The monoisotopic (exact) mass is 357 g/mol. The van der Waals surface area contributed by atoms with Gasteiger partial charge in [0.15, 0.2) is 6.04 Å². The van der Waals surface area contributed by atoms with Gasteiger partial charge in [0.25, 0.3) is 5.91 Å². The van der Waals surface area contributed by atoms with Gasteiger partial charge >= 0.3 is 6.18 Å². The number of carbonyl (C=O) groups excluding carboxylic acids is 1. The maximum Gasteiger partial charge on any atom is 0.413 e. The molecule has 1 unspecified atom stereocenters. The number of nitrogens with zero attached hydrogens (tertiary/aromatic N) is 3. The molecule has 3 rings (SSSR count). The van der Waals surface area contributed by atoms with Gasteiger partial charge in [-0.3, -0.25) is 4.79 Å². The minimum Gasteiger partial charge on any atom is -0.335 e. The van der Waals surface area contributed by atoms with Crippen molar-refractivity contribution in [3.8, 4) is 0 Å². The summed E-state index contributed by atoms with van der Waals surface area (Å²) in [6.07, 6.45) is -5.13. The van der Waals surface area contributed by atoms with E-state index in [0.29, 0.717) is 17.6 Å². The fourth-order valence-corrected chi connectivity index (χ4v) is 2.17. The Labute approximate surface area is 136 Å². The summed E-state index contributed by atoms with van der Waals surface area (Å²) in [7, 11) is 0. The summed E-state index contributed by atoms with van der Waals surface area (Å²) in [5.74, 6) is -4.13. The highest BCUT2D eigenvalue weighted by atomic mass is 19.4. The maximum absolute atomic E-state index is 13.7. The number of pyridine rings is 1. The average molecular weight is 357 g/mol. The van der Waals surface area contributed by atoms with Crippen molar-refractivity contribution in [2.45, 2.75) is 12.2 Å². The van der Waals surface area contributed by atoms with Crippen LogP contribution < -0.4 is 5.32 Å². The molecule has 1 aromatic carbocycles. The van der Waals surface area contributed by atoms with Crippen molar-refractivity contribution in [1.82, 2.24) is 25.7 Å². The lowest BCUT2D eigenvalue weighted by Gasteiger charge is -2.22. The average Bonchev–Trinajstić information content (AvgIpc) is 3.00. The number of hydrogen-bond donors (Lipinski definition) is 2. The van der Waals surface area contributed by atoms with E-state index in [1.165, 1.54) is 6.07 Å². The van der Waals surface area contributed by atoms with Crippen LogP contribution in [0.2, 0.25) is 0 Å². The third-order valence-corrected chi connectivity index (χ3v) is 3.30. The van der Waals surface area contributed by atoms with Crippen molar-refractivity contribution in [1.29, 1.82) is 0 Å². The van der Waals surface area contributed by atoms with Crippen LogP contribution >= 0.6 is 0 Å². The van der Waals surface area contributed by atoms with Crippen LogP contribution in [-0.2, 0) is 0 Å². The number of carbonyl (C=O) groups is 1. The van der Waals surface area contributed by atoms with Gasteiger partial charge in [0.2, 0.25) is 5.65 Å². The summed E-state index contributed by atoms with van der Waals surface area (Å²) in [4.78, 5) is 15.8. The molecule has 0 aliphatic carbocycles. The first-order valence-corrected chi connectivity index (χ1v) is 6.76. The molecule has 11 heteroatoms. The summed E-state index contributed by atoms with van der Waals surface area (Å²) < 4.78 is 67.2. The Hall–Kier alpha value is -3.11. The van der Waals surface area contributed by atoms with Crippen LogP contribution in [0.1, 0.15) is 22.1 Å². The second-order valence-electron chi connectivity index (χ2n) is 4.95. The molecule has 6 nitrogen and oxygen atoms in total. The minimum atomic E-state index is -5.13. The van der Waals surface area contributed by atoms with Gasteiger partial charge in [0.1, 0.15) is 22.8 Å². The number of fused-ring (bicyclic) bond motifs is 1. The van der Waals surface area contributed by atoms with E-state index >= 15 is 0 Å². The van der Waals surface area contributed by atoms with E-state index in [1.807, 2.05) is 0 Å². The van der Waals surface area contributed by atoms with Crippen LogP contribution in [0.25, 0.3) is 11.2 Å². The Kier molecular flexibility index (Phi) is 4.07. The Morgan fingerprint density at radius 1 is 1.08 bits per heavy atom. The van der Waals surface area contributed by atoms with E-state index in [2.05, 4.69) is 20.4 Å². The van der Waals surface area contributed by atoms with Gasteiger partial charge in [-0.2, -0.15) is 23.5 Å². The zero-order valence-corrected chi connectivity index (χ0v) is 12.1. The summed E-state index contributed by atoms with van der Waals surface area (Å²) in [5, 5.41) is 11.1. The van der Waals surface area contributed by atoms with Crippen molar-refractivity contribution < 1.29 is 26.7 Å². The standard InChI is InChI=1S/C14H8F5N5O/c15-6-2-1-3-7(16)10(6)11(14(17,18)19)21-13(25)9-5-4-8-12(20-9)23-24-22-8/h1-5,11H,(H,21,25)(H,20,22,23,24). The van der Waals surface area contributed by atoms with E-state index < -0.39 is 41.0 Å². The van der Waals surface area contributed by atoms with Gasteiger partial charge in [0.05, 0.1) is 5.56 Å². The number of benzene rings is 1. The first-order chi connectivity index (χ1) is 11.8. The lowest BCUT2D eigenvalue weighted by molar-refractivity contribution is -0.156. The van der Waals surface area contributed by atoms with Gasteiger partial charge in [-0.1, -0.05) is 6.07 Å². The third-order valence-electron chi connectivity index (χ3n) is 3.30. The molecule has 2 heterocycles. The van der Waals surface area contributed by atoms with Crippen LogP contribution in [0.5, 0.6) is 0 Å². The smallest absolute Gasteiger partial charge is 0.335 e. The maximum atomic E-state index is 13.7. The van der Waals surface area contributed by atoms with E-state index in [0.717, 1.165) is 12.1 Å². The lowest BCUT2D eigenvalue weighted by Crippen LogP contribution is -2.39. The van der Waals surface area contributed by atoms with Gasteiger partial charge in [-0.15, -0.1) is 5.10 Å². The van der Waals surface area contributed by atoms with E-state index in [9.17, 15) is 26.7 Å². The molecular weight excluding hydrogens is 349 g/mol. The number of H-pyrrole nitrogens is 1. The second-order valence-corrected chi connectivity index (χ2v) is 4.95. The molecule has 0 fully saturated rings. The topological polar surface area (TPSA) is 83.6 Å². The Morgan fingerprint density at radius 3 is 2.40 bits per heavy atom. The van der Waals surface area contributed by atoms with Crippen molar-refractivity contribution in [2.24, 2.45) is 0 Å². The van der Waals surface area contributed by atoms with Crippen LogP contribution in [0.15, 0.2) is 30.3 Å². The number of rotatable bonds is 3. The summed E-state index contributed by atoms with van der Waals surface area (Å²) in [5.41, 5.74) is -1.41. The molecular formula is C14H8F5N5O.